The van der Waals surface area contributed by atoms with Crippen molar-refractivity contribution in [2.24, 2.45) is 0 Å². The van der Waals surface area contributed by atoms with Crippen LogP contribution < -0.4 is 0 Å². The third-order valence-corrected chi connectivity index (χ3v) is 4.17. The van der Waals surface area contributed by atoms with Gasteiger partial charge in [0.15, 0.2) is 0 Å². The number of β-amino-alcohol motifs (C(OH)–C–C–N with tert-alkyl or cyclic N) is 1. The lowest BCUT2D eigenvalue weighted by Gasteiger charge is -2.20. The molecule has 1 N–H and O–H groups in total. The van der Waals surface area contributed by atoms with Gasteiger partial charge in [-0.2, -0.15) is 4.31 Å². The van der Waals surface area contributed by atoms with Gasteiger partial charge in [0.2, 0.25) is 10.0 Å². The number of aliphatic hydroxyl groups excluding tert-OH is 1. The first-order valence-corrected chi connectivity index (χ1v) is 6.39. The minimum Gasteiger partial charge on any atom is -0.468 e. The predicted molar refractivity (Wildman–Crippen MR) is 57.1 cm³/mol. The lowest BCUT2D eigenvalue weighted by molar-refractivity contribution is -0.144. The Morgan fingerprint density at radius 1 is 1.69 bits per heavy atom. The molecule has 6 nitrogen and oxygen atoms in total. The Morgan fingerprint density at radius 2 is 2.31 bits per heavy atom. The largest absolute Gasteiger partial charge is 0.468 e. The highest BCUT2D eigenvalue weighted by Gasteiger charge is 2.42. The number of hydrogen-bond donors (Lipinski definition) is 1. The van der Waals surface area contributed by atoms with Gasteiger partial charge in [-0.25, -0.2) is 8.42 Å². The molecule has 0 saturated carbocycles. The van der Waals surface area contributed by atoms with Gasteiger partial charge in [0.1, 0.15) is 6.04 Å². The molecule has 0 radical (unpaired) electrons. The zero-order chi connectivity index (χ0) is 12.3. The van der Waals surface area contributed by atoms with E-state index in [1.54, 1.807) is 0 Å². The maximum absolute atomic E-state index is 11.7. The van der Waals surface area contributed by atoms with E-state index in [4.69, 9.17) is 0 Å². The molecule has 1 fully saturated rings. The van der Waals surface area contributed by atoms with Crippen LogP contribution in [-0.2, 0) is 19.6 Å². The Kier molecular flexibility index (Phi) is 4.06. The summed E-state index contributed by atoms with van der Waals surface area (Å²) in [6.45, 7) is 3.27. The molecule has 0 aromatic carbocycles. The van der Waals surface area contributed by atoms with Crippen LogP contribution in [0.2, 0.25) is 0 Å². The van der Waals surface area contributed by atoms with Crippen LogP contribution in [0.4, 0.5) is 0 Å². The molecule has 2 atom stereocenters. The van der Waals surface area contributed by atoms with Crippen LogP contribution in [-0.4, -0.2) is 55.4 Å². The summed E-state index contributed by atoms with van der Waals surface area (Å²) in [6.07, 6.45) is 0.487. The van der Waals surface area contributed by atoms with Crippen molar-refractivity contribution in [2.45, 2.75) is 18.6 Å². The fourth-order valence-electron chi connectivity index (χ4n) is 1.69. The quantitative estimate of drug-likeness (QED) is 0.516. The summed E-state index contributed by atoms with van der Waals surface area (Å²) >= 11 is 0. The molecular weight excluding hydrogens is 234 g/mol. The average molecular weight is 249 g/mol. The highest BCUT2D eigenvalue weighted by Crippen LogP contribution is 2.22. The van der Waals surface area contributed by atoms with Gasteiger partial charge >= 0.3 is 5.97 Å². The van der Waals surface area contributed by atoms with Crippen LogP contribution in [0.25, 0.3) is 0 Å². The molecule has 0 aromatic heterocycles. The third-order valence-electron chi connectivity index (χ3n) is 2.39. The van der Waals surface area contributed by atoms with E-state index in [9.17, 15) is 18.3 Å². The summed E-state index contributed by atoms with van der Waals surface area (Å²) in [5.41, 5.74) is 0. The predicted octanol–water partition coefficient (Wildman–Crippen LogP) is -0.890. The van der Waals surface area contributed by atoms with Crippen molar-refractivity contribution in [1.29, 1.82) is 0 Å². The second kappa shape index (κ2) is 4.94. The summed E-state index contributed by atoms with van der Waals surface area (Å²) in [6, 6.07) is -0.926. The minimum absolute atomic E-state index is 0.0725. The molecule has 1 rings (SSSR count). The van der Waals surface area contributed by atoms with Crippen molar-refractivity contribution in [3.8, 4) is 0 Å². The maximum atomic E-state index is 11.7. The van der Waals surface area contributed by atoms with E-state index in [2.05, 4.69) is 11.3 Å². The van der Waals surface area contributed by atoms with Gasteiger partial charge in [-0.15, -0.1) is 6.58 Å². The first-order valence-electron chi connectivity index (χ1n) is 4.78. The van der Waals surface area contributed by atoms with Gasteiger partial charge < -0.3 is 9.84 Å². The summed E-state index contributed by atoms with van der Waals surface area (Å²) in [7, 11) is -2.41. The molecule has 7 heteroatoms. The van der Waals surface area contributed by atoms with Gasteiger partial charge in [-0.1, -0.05) is 6.08 Å². The normalized spacial score (nSPS) is 26.6. The number of carbonyl (C=O) groups is 1. The lowest BCUT2D eigenvalue weighted by Crippen LogP contribution is -2.42. The summed E-state index contributed by atoms with van der Waals surface area (Å²) in [5.74, 6) is -0.906. The van der Waals surface area contributed by atoms with Gasteiger partial charge in [-0.3, -0.25) is 4.79 Å². The number of aliphatic hydroxyl groups is 1. The molecule has 0 aliphatic carbocycles. The third kappa shape index (κ3) is 2.60. The van der Waals surface area contributed by atoms with Gasteiger partial charge in [-0.05, 0) is 0 Å². The average Bonchev–Trinajstić information content (AvgIpc) is 2.60. The van der Waals surface area contributed by atoms with Gasteiger partial charge in [0, 0.05) is 13.0 Å². The summed E-state index contributed by atoms with van der Waals surface area (Å²) < 4.78 is 29.0. The molecular formula is C9H15NO5S. The molecule has 92 valence electrons. The van der Waals surface area contributed by atoms with Crippen LogP contribution in [0.15, 0.2) is 12.7 Å². The van der Waals surface area contributed by atoms with Crippen LogP contribution in [0.1, 0.15) is 6.42 Å². The number of esters is 1. The van der Waals surface area contributed by atoms with E-state index in [1.807, 2.05) is 0 Å². The molecule has 1 saturated heterocycles. The van der Waals surface area contributed by atoms with E-state index in [0.717, 1.165) is 4.31 Å². The van der Waals surface area contributed by atoms with E-state index >= 15 is 0 Å². The van der Waals surface area contributed by atoms with Gasteiger partial charge in [0.25, 0.3) is 0 Å². The van der Waals surface area contributed by atoms with Crippen LogP contribution in [0.3, 0.4) is 0 Å². The number of sulfonamides is 1. The maximum Gasteiger partial charge on any atom is 0.324 e. The monoisotopic (exact) mass is 249 g/mol. The Hall–Kier alpha value is -0.920. The van der Waals surface area contributed by atoms with Crippen LogP contribution in [0.5, 0.6) is 0 Å². The number of hydrogen-bond acceptors (Lipinski definition) is 5. The standard InChI is InChI=1S/C9H15NO5S/c1-3-4-16(13,14)10-6-7(11)5-8(10)9(12)15-2/h3,7-8,11H,1,4-6H2,2H3. The van der Waals surface area contributed by atoms with Crippen molar-refractivity contribution in [3.05, 3.63) is 12.7 Å². The second-order valence-corrected chi connectivity index (χ2v) is 5.53. The molecule has 0 amide bonds. The first kappa shape index (κ1) is 13.1. The number of nitrogens with zero attached hydrogens (tertiary/aromatic N) is 1. The summed E-state index contributed by atoms with van der Waals surface area (Å²) in [4.78, 5) is 11.4. The molecule has 0 spiro atoms. The number of rotatable bonds is 4. The molecule has 2 unspecified atom stereocenters. The number of carbonyl (C=O) groups excluding carboxylic acids is 1. The van der Waals surface area contributed by atoms with Crippen molar-refractivity contribution >= 4 is 16.0 Å². The highest BCUT2D eigenvalue weighted by molar-refractivity contribution is 7.89. The van der Waals surface area contributed by atoms with Crippen LogP contribution in [0, 0.1) is 0 Å². The minimum atomic E-state index is -3.59. The molecule has 1 aliphatic rings. The lowest BCUT2D eigenvalue weighted by atomic mass is 10.2. The van der Waals surface area contributed by atoms with E-state index < -0.39 is 28.1 Å². The van der Waals surface area contributed by atoms with Crippen molar-refractivity contribution < 1.29 is 23.1 Å². The Balaban J connectivity index is 2.93. The van der Waals surface area contributed by atoms with Gasteiger partial charge in [0.05, 0.1) is 19.0 Å². The molecule has 0 aromatic rings. The van der Waals surface area contributed by atoms with Crippen molar-refractivity contribution in [2.75, 3.05) is 19.4 Å². The smallest absolute Gasteiger partial charge is 0.324 e. The Labute approximate surface area is 94.6 Å². The first-order chi connectivity index (χ1) is 7.42. The molecule has 0 bridgehead atoms. The van der Waals surface area contributed by atoms with Crippen LogP contribution >= 0.6 is 0 Å². The zero-order valence-corrected chi connectivity index (χ0v) is 9.81. The summed E-state index contributed by atoms with van der Waals surface area (Å²) in [5, 5.41) is 9.41. The van der Waals surface area contributed by atoms with Crippen molar-refractivity contribution in [3.63, 3.8) is 0 Å². The molecule has 1 heterocycles. The second-order valence-electron chi connectivity index (χ2n) is 3.57. The Bertz CT molecular complexity index is 377. The molecule has 1 aliphatic heterocycles. The Morgan fingerprint density at radius 3 is 2.81 bits per heavy atom. The number of methoxy groups -OCH3 is 1. The van der Waals surface area contributed by atoms with E-state index in [1.165, 1.54) is 13.2 Å². The van der Waals surface area contributed by atoms with Crippen molar-refractivity contribution in [1.82, 2.24) is 4.31 Å². The zero-order valence-electron chi connectivity index (χ0n) is 9.00. The highest BCUT2D eigenvalue weighted by atomic mass is 32.2. The van der Waals surface area contributed by atoms with E-state index in [0.29, 0.717) is 0 Å². The molecule has 16 heavy (non-hydrogen) atoms. The SMILES string of the molecule is C=CCS(=O)(=O)N1CC(O)CC1C(=O)OC. The number of ether oxygens (including phenoxy) is 1. The fourth-order valence-corrected chi connectivity index (χ4v) is 3.14. The topological polar surface area (TPSA) is 83.9 Å². The van der Waals surface area contributed by atoms with E-state index in [-0.39, 0.29) is 18.7 Å². The fraction of sp³-hybridized carbons (Fsp3) is 0.667.